The van der Waals surface area contributed by atoms with Gasteiger partial charge in [0.15, 0.2) is 5.96 Å². The van der Waals surface area contributed by atoms with E-state index >= 15 is 0 Å². The lowest BCUT2D eigenvalue weighted by Crippen LogP contribution is -2.45. The fourth-order valence-corrected chi connectivity index (χ4v) is 3.08. The first-order chi connectivity index (χ1) is 11.0. The zero-order chi connectivity index (χ0) is 16.7. The molecule has 1 heterocycles. The van der Waals surface area contributed by atoms with Crippen molar-refractivity contribution in [2.45, 2.75) is 39.2 Å². The Hall–Kier alpha value is -1.55. The number of hydrogen-bond donors (Lipinski definition) is 2. The van der Waals surface area contributed by atoms with Gasteiger partial charge < -0.3 is 15.5 Å². The average Bonchev–Trinajstić information content (AvgIpc) is 2.95. The van der Waals surface area contributed by atoms with Crippen molar-refractivity contribution in [3.05, 3.63) is 35.9 Å². The summed E-state index contributed by atoms with van der Waals surface area (Å²) in [7, 11) is 1.88. The molecule has 4 nitrogen and oxygen atoms in total. The molecule has 1 aliphatic rings. The Morgan fingerprint density at radius 1 is 1.22 bits per heavy atom. The van der Waals surface area contributed by atoms with Gasteiger partial charge in [-0.15, -0.1) is 0 Å². The summed E-state index contributed by atoms with van der Waals surface area (Å²) in [6.45, 7) is 10.6. The average molecular weight is 316 g/mol. The van der Waals surface area contributed by atoms with Crippen LogP contribution in [0.4, 0.5) is 0 Å². The molecule has 1 fully saturated rings. The van der Waals surface area contributed by atoms with Gasteiger partial charge in [0.25, 0.3) is 0 Å². The standard InChI is InChI=1S/C19H32N4/c1-19(2,3)22-12-11-21-18(20-4)23-13-10-17(15-23)14-16-8-6-5-7-9-16/h5-9,17,22H,10-15H2,1-4H3,(H,20,21). The lowest BCUT2D eigenvalue weighted by atomic mass is 9.99. The lowest BCUT2D eigenvalue weighted by Gasteiger charge is -2.24. The molecular formula is C19H32N4. The summed E-state index contributed by atoms with van der Waals surface area (Å²) in [6, 6.07) is 10.8. The van der Waals surface area contributed by atoms with E-state index in [1.807, 2.05) is 7.05 Å². The summed E-state index contributed by atoms with van der Waals surface area (Å²) in [5.74, 6) is 1.76. The Bertz CT molecular complexity index is 490. The third kappa shape index (κ3) is 6.22. The Kier molecular flexibility index (Phi) is 6.46. The number of nitrogens with one attached hydrogen (secondary N) is 2. The maximum Gasteiger partial charge on any atom is 0.193 e. The van der Waals surface area contributed by atoms with E-state index < -0.39 is 0 Å². The number of nitrogens with zero attached hydrogens (tertiary/aromatic N) is 2. The molecule has 1 unspecified atom stereocenters. The minimum absolute atomic E-state index is 0.166. The summed E-state index contributed by atoms with van der Waals surface area (Å²) < 4.78 is 0. The van der Waals surface area contributed by atoms with E-state index in [4.69, 9.17) is 0 Å². The van der Waals surface area contributed by atoms with Gasteiger partial charge in [-0.05, 0) is 45.1 Å². The maximum atomic E-state index is 4.45. The van der Waals surface area contributed by atoms with E-state index in [-0.39, 0.29) is 5.54 Å². The van der Waals surface area contributed by atoms with Gasteiger partial charge in [0.2, 0.25) is 0 Å². The smallest absolute Gasteiger partial charge is 0.193 e. The number of likely N-dealkylation sites (tertiary alicyclic amines) is 1. The van der Waals surface area contributed by atoms with Crippen molar-refractivity contribution in [1.82, 2.24) is 15.5 Å². The third-order valence-corrected chi connectivity index (χ3v) is 4.23. The van der Waals surface area contributed by atoms with Crippen LogP contribution in [0.3, 0.4) is 0 Å². The second kappa shape index (κ2) is 8.34. The van der Waals surface area contributed by atoms with Gasteiger partial charge >= 0.3 is 0 Å². The summed E-state index contributed by atoms with van der Waals surface area (Å²) in [4.78, 5) is 6.84. The van der Waals surface area contributed by atoms with Gasteiger partial charge in [0.05, 0.1) is 0 Å². The third-order valence-electron chi connectivity index (χ3n) is 4.23. The molecule has 2 rings (SSSR count). The second-order valence-electron chi connectivity index (χ2n) is 7.44. The normalized spacial score (nSPS) is 19.2. The first-order valence-corrected chi connectivity index (χ1v) is 8.72. The fraction of sp³-hybridized carbons (Fsp3) is 0.632. The van der Waals surface area contributed by atoms with E-state index in [1.165, 1.54) is 18.4 Å². The van der Waals surface area contributed by atoms with Crippen LogP contribution >= 0.6 is 0 Å². The van der Waals surface area contributed by atoms with Crippen LogP contribution in [-0.2, 0) is 6.42 Å². The molecule has 128 valence electrons. The van der Waals surface area contributed by atoms with Crippen molar-refractivity contribution in [2.24, 2.45) is 10.9 Å². The van der Waals surface area contributed by atoms with Crippen LogP contribution in [0.1, 0.15) is 32.8 Å². The Labute approximate surface area is 141 Å². The molecule has 0 aliphatic carbocycles. The quantitative estimate of drug-likeness (QED) is 0.498. The van der Waals surface area contributed by atoms with Crippen molar-refractivity contribution in [2.75, 3.05) is 33.2 Å². The Morgan fingerprint density at radius 2 is 1.96 bits per heavy atom. The van der Waals surface area contributed by atoms with Gasteiger partial charge in [-0.25, -0.2) is 0 Å². The van der Waals surface area contributed by atoms with E-state index in [2.05, 4.69) is 71.6 Å². The van der Waals surface area contributed by atoms with E-state index in [0.717, 1.165) is 38.1 Å². The summed E-state index contributed by atoms with van der Waals surface area (Å²) in [5, 5.41) is 6.98. The van der Waals surface area contributed by atoms with Crippen molar-refractivity contribution in [3.8, 4) is 0 Å². The van der Waals surface area contributed by atoms with Crippen LogP contribution < -0.4 is 10.6 Å². The SMILES string of the molecule is CN=C(NCCNC(C)(C)C)N1CCC(Cc2ccccc2)C1. The summed E-state index contributed by atoms with van der Waals surface area (Å²) in [5.41, 5.74) is 1.61. The molecule has 0 spiro atoms. The highest BCUT2D eigenvalue weighted by Crippen LogP contribution is 2.20. The van der Waals surface area contributed by atoms with Crippen LogP contribution in [0, 0.1) is 5.92 Å². The highest BCUT2D eigenvalue weighted by atomic mass is 15.3. The minimum atomic E-state index is 0.166. The lowest BCUT2D eigenvalue weighted by molar-refractivity contribution is 0.420. The molecular weight excluding hydrogens is 284 g/mol. The minimum Gasteiger partial charge on any atom is -0.355 e. The maximum absolute atomic E-state index is 4.45. The molecule has 2 N–H and O–H groups in total. The largest absolute Gasteiger partial charge is 0.355 e. The number of hydrogen-bond acceptors (Lipinski definition) is 2. The van der Waals surface area contributed by atoms with Gasteiger partial charge in [0, 0.05) is 38.8 Å². The van der Waals surface area contributed by atoms with Crippen LogP contribution in [0.2, 0.25) is 0 Å². The fourth-order valence-electron chi connectivity index (χ4n) is 3.08. The predicted octanol–water partition coefficient (Wildman–Crippen LogP) is 2.51. The predicted molar refractivity (Wildman–Crippen MR) is 98.9 cm³/mol. The van der Waals surface area contributed by atoms with Gasteiger partial charge in [-0.3, -0.25) is 4.99 Å². The zero-order valence-corrected chi connectivity index (χ0v) is 15.1. The first kappa shape index (κ1) is 17.8. The Morgan fingerprint density at radius 3 is 2.61 bits per heavy atom. The van der Waals surface area contributed by atoms with Crippen LogP contribution in [-0.4, -0.2) is 49.6 Å². The molecule has 1 aromatic carbocycles. The monoisotopic (exact) mass is 316 g/mol. The second-order valence-corrected chi connectivity index (χ2v) is 7.44. The zero-order valence-electron chi connectivity index (χ0n) is 15.1. The molecule has 4 heteroatoms. The van der Waals surface area contributed by atoms with Gasteiger partial charge in [0.1, 0.15) is 0 Å². The van der Waals surface area contributed by atoms with E-state index in [1.54, 1.807) is 0 Å². The van der Waals surface area contributed by atoms with Crippen LogP contribution in [0.15, 0.2) is 35.3 Å². The number of rotatable bonds is 5. The molecule has 0 aromatic heterocycles. The first-order valence-electron chi connectivity index (χ1n) is 8.72. The molecule has 1 atom stereocenters. The number of benzene rings is 1. The molecule has 0 radical (unpaired) electrons. The highest BCUT2D eigenvalue weighted by molar-refractivity contribution is 5.80. The highest BCUT2D eigenvalue weighted by Gasteiger charge is 2.24. The van der Waals surface area contributed by atoms with Crippen molar-refractivity contribution in [3.63, 3.8) is 0 Å². The van der Waals surface area contributed by atoms with Crippen LogP contribution in [0.5, 0.6) is 0 Å². The molecule has 0 bridgehead atoms. The number of guanidine groups is 1. The van der Waals surface area contributed by atoms with E-state index in [0.29, 0.717) is 0 Å². The van der Waals surface area contributed by atoms with Crippen LogP contribution in [0.25, 0.3) is 0 Å². The topological polar surface area (TPSA) is 39.7 Å². The van der Waals surface area contributed by atoms with Gasteiger partial charge in [-0.2, -0.15) is 0 Å². The summed E-state index contributed by atoms with van der Waals surface area (Å²) >= 11 is 0. The molecule has 0 saturated carbocycles. The van der Waals surface area contributed by atoms with Gasteiger partial charge in [-0.1, -0.05) is 30.3 Å². The van der Waals surface area contributed by atoms with E-state index in [9.17, 15) is 0 Å². The number of aliphatic imine (C=N–C) groups is 1. The summed E-state index contributed by atoms with van der Waals surface area (Å²) in [6.07, 6.45) is 2.41. The Balaban J connectivity index is 1.75. The van der Waals surface area contributed by atoms with Crippen molar-refractivity contribution in [1.29, 1.82) is 0 Å². The molecule has 1 aromatic rings. The van der Waals surface area contributed by atoms with Crippen molar-refractivity contribution < 1.29 is 0 Å². The van der Waals surface area contributed by atoms with Crippen molar-refractivity contribution >= 4 is 5.96 Å². The molecule has 1 saturated heterocycles. The molecule has 1 aliphatic heterocycles. The molecule has 0 amide bonds. The molecule has 23 heavy (non-hydrogen) atoms.